The minimum absolute atomic E-state index is 0.211. The first kappa shape index (κ1) is 11.8. The first-order valence-corrected chi connectivity index (χ1v) is 5.95. The monoisotopic (exact) mass is 263 g/mol. The molecule has 0 unspecified atom stereocenters. The molecule has 0 bridgehead atoms. The fourth-order valence-electron chi connectivity index (χ4n) is 1.86. The lowest BCUT2D eigenvalue weighted by molar-refractivity contribution is 0.102. The number of rotatable bonds is 3. The predicted molar refractivity (Wildman–Crippen MR) is 64.9 cm³/mol. The number of benzene rings is 1. The van der Waals surface area contributed by atoms with Gasteiger partial charge in [-0.25, -0.2) is 8.78 Å². The van der Waals surface area contributed by atoms with Gasteiger partial charge in [-0.1, -0.05) is 0 Å². The van der Waals surface area contributed by atoms with Crippen molar-refractivity contribution in [2.75, 3.05) is 5.32 Å². The Hall–Kier alpha value is -2.24. The van der Waals surface area contributed by atoms with Crippen LogP contribution in [-0.2, 0) is 0 Å². The van der Waals surface area contributed by atoms with E-state index in [0.717, 1.165) is 30.7 Å². The Balaban J connectivity index is 1.76. The van der Waals surface area contributed by atoms with Gasteiger partial charge in [0.1, 0.15) is 11.6 Å². The summed E-state index contributed by atoms with van der Waals surface area (Å²) in [4.78, 5) is 11.8. The van der Waals surface area contributed by atoms with Crippen molar-refractivity contribution in [2.45, 2.75) is 18.8 Å². The molecule has 0 atom stereocenters. The summed E-state index contributed by atoms with van der Waals surface area (Å²) in [6.45, 7) is 0. The number of nitrogens with one attached hydrogen (secondary N) is 2. The minimum atomic E-state index is -0.893. The molecule has 0 aliphatic heterocycles. The number of aromatic amines is 1. The quantitative estimate of drug-likeness (QED) is 0.894. The van der Waals surface area contributed by atoms with Crippen LogP contribution in [0.4, 0.5) is 14.6 Å². The minimum Gasteiger partial charge on any atom is -0.305 e. The van der Waals surface area contributed by atoms with Gasteiger partial charge in [0.2, 0.25) is 0 Å². The third kappa shape index (κ3) is 2.47. The van der Waals surface area contributed by atoms with Crippen molar-refractivity contribution in [3.8, 4) is 0 Å². The number of aromatic nitrogens is 2. The highest BCUT2D eigenvalue weighted by molar-refractivity contribution is 6.03. The van der Waals surface area contributed by atoms with Crippen molar-refractivity contribution < 1.29 is 13.6 Å². The number of hydrogen-bond acceptors (Lipinski definition) is 2. The molecular formula is C13H11F2N3O. The summed E-state index contributed by atoms with van der Waals surface area (Å²) in [5, 5.41) is 9.24. The van der Waals surface area contributed by atoms with Crippen LogP contribution in [0.25, 0.3) is 0 Å². The number of hydrogen-bond donors (Lipinski definition) is 2. The lowest BCUT2D eigenvalue weighted by Gasteiger charge is -2.02. The molecular weight excluding hydrogens is 252 g/mol. The van der Waals surface area contributed by atoms with E-state index in [2.05, 4.69) is 15.5 Å². The summed E-state index contributed by atoms with van der Waals surface area (Å²) in [7, 11) is 0. The second kappa shape index (κ2) is 4.46. The van der Waals surface area contributed by atoms with Gasteiger partial charge in [0, 0.05) is 23.7 Å². The Morgan fingerprint density at radius 1 is 1.32 bits per heavy atom. The van der Waals surface area contributed by atoms with Gasteiger partial charge in [-0.2, -0.15) is 5.10 Å². The Morgan fingerprint density at radius 3 is 2.79 bits per heavy atom. The van der Waals surface area contributed by atoms with E-state index in [1.54, 1.807) is 6.07 Å². The van der Waals surface area contributed by atoms with E-state index in [9.17, 15) is 13.6 Å². The van der Waals surface area contributed by atoms with Crippen molar-refractivity contribution in [1.29, 1.82) is 0 Å². The molecule has 4 nitrogen and oxygen atoms in total. The van der Waals surface area contributed by atoms with E-state index in [0.29, 0.717) is 17.8 Å². The second-order valence-corrected chi connectivity index (χ2v) is 4.56. The summed E-state index contributed by atoms with van der Waals surface area (Å²) in [5.74, 6) is -1.43. The van der Waals surface area contributed by atoms with Crippen molar-refractivity contribution in [1.82, 2.24) is 10.2 Å². The van der Waals surface area contributed by atoms with Gasteiger partial charge in [0.05, 0.1) is 5.56 Å². The highest BCUT2D eigenvalue weighted by Gasteiger charge is 2.25. The molecule has 0 radical (unpaired) electrons. The van der Waals surface area contributed by atoms with Crippen LogP contribution in [0.2, 0.25) is 0 Å². The average Bonchev–Trinajstić information content (AvgIpc) is 3.10. The number of carbonyl (C=O) groups is 1. The maximum atomic E-state index is 13.4. The van der Waals surface area contributed by atoms with Crippen LogP contribution in [-0.4, -0.2) is 16.1 Å². The molecule has 2 N–H and O–H groups in total. The average molecular weight is 263 g/mol. The molecule has 0 spiro atoms. The van der Waals surface area contributed by atoms with Gasteiger partial charge in [0.25, 0.3) is 5.91 Å². The molecule has 1 saturated carbocycles. The van der Waals surface area contributed by atoms with Crippen molar-refractivity contribution in [2.24, 2.45) is 0 Å². The van der Waals surface area contributed by atoms with Crippen molar-refractivity contribution >= 4 is 11.7 Å². The van der Waals surface area contributed by atoms with Crippen LogP contribution >= 0.6 is 0 Å². The molecule has 2 aromatic rings. The highest BCUT2D eigenvalue weighted by Crippen LogP contribution is 2.39. The molecule has 1 fully saturated rings. The topological polar surface area (TPSA) is 57.8 Å². The van der Waals surface area contributed by atoms with Crippen LogP contribution < -0.4 is 5.32 Å². The summed E-state index contributed by atoms with van der Waals surface area (Å²) < 4.78 is 26.2. The molecule has 6 heteroatoms. The summed E-state index contributed by atoms with van der Waals surface area (Å²) in [6, 6.07) is 4.55. The van der Waals surface area contributed by atoms with E-state index in [-0.39, 0.29) is 5.56 Å². The van der Waals surface area contributed by atoms with Crippen LogP contribution in [0.1, 0.15) is 34.8 Å². The normalized spacial score (nSPS) is 14.4. The zero-order valence-electron chi connectivity index (χ0n) is 9.91. The van der Waals surface area contributed by atoms with Gasteiger partial charge in [0.15, 0.2) is 5.82 Å². The maximum Gasteiger partial charge on any atom is 0.259 e. The number of carbonyl (C=O) groups excluding carboxylic acids is 1. The lowest BCUT2D eigenvalue weighted by Crippen LogP contribution is -2.14. The smallest absolute Gasteiger partial charge is 0.259 e. The van der Waals surface area contributed by atoms with Crippen molar-refractivity contribution in [3.63, 3.8) is 0 Å². The first-order chi connectivity index (χ1) is 9.13. The third-order valence-electron chi connectivity index (χ3n) is 3.03. The molecule has 1 aliphatic rings. The van der Waals surface area contributed by atoms with Gasteiger partial charge < -0.3 is 5.32 Å². The molecule has 1 amide bonds. The maximum absolute atomic E-state index is 13.4. The molecule has 19 heavy (non-hydrogen) atoms. The zero-order valence-corrected chi connectivity index (χ0v) is 9.91. The molecule has 1 heterocycles. The number of anilines is 1. The molecule has 1 aliphatic carbocycles. The van der Waals surface area contributed by atoms with Gasteiger partial charge >= 0.3 is 0 Å². The Kier molecular flexibility index (Phi) is 2.77. The lowest BCUT2D eigenvalue weighted by atomic mass is 10.2. The number of amides is 1. The fourth-order valence-corrected chi connectivity index (χ4v) is 1.86. The van der Waals surface area contributed by atoms with E-state index in [1.165, 1.54) is 0 Å². The molecule has 0 saturated heterocycles. The Morgan fingerprint density at radius 2 is 2.11 bits per heavy atom. The number of H-pyrrole nitrogens is 1. The largest absolute Gasteiger partial charge is 0.305 e. The zero-order chi connectivity index (χ0) is 13.4. The van der Waals surface area contributed by atoms with Gasteiger partial charge in [-0.3, -0.25) is 9.89 Å². The highest BCUT2D eigenvalue weighted by atomic mass is 19.1. The molecule has 1 aromatic carbocycles. The van der Waals surface area contributed by atoms with Crippen LogP contribution in [0.15, 0.2) is 24.3 Å². The molecule has 3 rings (SSSR count). The van der Waals surface area contributed by atoms with Crippen LogP contribution in [0, 0.1) is 11.6 Å². The SMILES string of the molecule is O=C(Nc1cc(C2CC2)[nH]n1)c1ccc(F)cc1F. The van der Waals surface area contributed by atoms with Gasteiger partial charge in [-0.15, -0.1) is 0 Å². The first-order valence-electron chi connectivity index (χ1n) is 5.95. The summed E-state index contributed by atoms with van der Waals surface area (Å²) in [6.07, 6.45) is 2.23. The van der Waals surface area contributed by atoms with Crippen LogP contribution in [0.5, 0.6) is 0 Å². The standard InChI is InChI=1S/C13H11F2N3O/c14-8-3-4-9(10(15)5-8)13(19)16-12-6-11(17-18-12)7-1-2-7/h3-7H,1-2H2,(H2,16,17,18,19). The van der Waals surface area contributed by atoms with E-state index >= 15 is 0 Å². The second-order valence-electron chi connectivity index (χ2n) is 4.56. The fraction of sp³-hybridized carbons (Fsp3) is 0.231. The van der Waals surface area contributed by atoms with E-state index in [4.69, 9.17) is 0 Å². The van der Waals surface area contributed by atoms with E-state index < -0.39 is 17.5 Å². The Labute approximate surface area is 107 Å². The number of nitrogens with zero attached hydrogens (tertiary/aromatic N) is 1. The van der Waals surface area contributed by atoms with Crippen LogP contribution in [0.3, 0.4) is 0 Å². The molecule has 98 valence electrons. The predicted octanol–water partition coefficient (Wildman–Crippen LogP) is 2.82. The van der Waals surface area contributed by atoms with E-state index in [1.807, 2.05) is 0 Å². The number of halogens is 2. The molecule has 1 aromatic heterocycles. The summed E-state index contributed by atoms with van der Waals surface area (Å²) >= 11 is 0. The van der Waals surface area contributed by atoms with Crippen molar-refractivity contribution in [3.05, 3.63) is 47.2 Å². The Bertz CT molecular complexity index is 635. The third-order valence-corrected chi connectivity index (χ3v) is 3.03. The summed E-state index contributed by atoms with van der Waals surface area (Å²) in [5.41, 5.74) is 0.757. The van der Waals surface area contributed by atoms with Gasteiger partial charge in [-0.05, 0) is 25.0 Å².